The molecule has 0 aliphatic carbocycles. The minimum absolute atomic E-state index is 0.446. The van der Waals surface area contributed by atoms with Gasteiger partial charge >= 0.3 is 0 Å². The van der Waals surface area contributed by atoms with Crippen LogP contribution >= 0.6 is 0 Å². The lowest BCUT2D eigenvalue weighted by molar-refractivity contribution is 0.112. The van der Waals surface area contributed by atoms with Crippen LogP contribution in [0.3, 0.4) is 0 Å². The van der Waals surface area contributed by atoms with Gasteiger partial charge in [0, 0.05) is 18.8 Å². The van der Waals surface area contributed by atoms with Gasteiger partial charge in [-0.2, -0.15) is 0 Å². The number of aryl methyl sites for hydroxylation is 1. The minimum Gasteiger partial charge on any atom is -0.493 e. The maximum Gasteiger partial charge on any atom is 0.128 e. The van der Waals surface area contributed by atoms with E-state index < -0.39 is 6.10 Å². The molecule has 0 spiro atoms. The third-order valence-corrected chi connectivity index (χ3v) is 3.29. The molecule has 0 aromatic heterocycles. The van der Waals surface area contributed by atoms with Crippen molar-refractivity contribution in [3.63, 3.8) is 0 Å². The van der Waals surface area contributed by atoms with Gasteiger partial charge in [-0.15, -0.1) is 0 Å². The molecule has 0 bridgehead atoms. The number of fused-ring (bicyclic) bond motifs is 1. The van der Waals surface area contributed by atoms with Crippen LogP contribution in [0.5, 0.6) is 5.75 Å². The van der Waals surface area contributed by atoms with E-state index in [2.05, 4.69) is 6.07 Å². The number of benzene rings is 1. The van der Waals surface area contributed by atoms with Gasteiger partial charge in [0.1, 0.15) is 5.75 Å². The van der Waals surface area contributed by atoms with E-state index in [1.807, 2.05) is 19.1 Å². The van der Waals surface area contributed by atoms with Gasteiger partial charge in [0.25, 0.3) is 0 Å². The SMILES string of the molecule is CCOCCCC(O)c1cccc2c1OCCC2. The van der Waals surface area contributed by atoms with E-state index in [0.29, 0.717) is 6.61 Å². The van der Waals surface area contributed by atoms with Crippen LogP contribution in [0.2, 0.25) is 0 Å². The Morgan fingerprint density at radius 3 is 3.17 bits per heavy atom. The van der Waals surface area contributed by atoms with Gasteiger partial charge in [-0.3, -0.25) is 0 Å². The van der Waals surface area contributed by atoms with E-state index in [0.717, 1.165) is 50.2 Å². The molecule has 18 heavy (non-hydrogen) atoms. The molecule has 3 nitrogen and oxygen atoms in total. The van der Waals surface area contributed by atoms with Crippen molar-refractivity contribution in [1.29, 1.82) is 0 Å². The summed E-state index contributed by atoms with van der Waals surface area (Å²) in [4.78, 5) is 0. The second-order valence-electron chi connectivity index (χ2n) is 4.64. The molecule has 1 atom stereocenters. The number of rotatable bonds is 6. The van der Waals surface area contributed by atoms with Gasteiger partial charge in [0.15, 0.2) is 0 Å². The Balaban J connectivity index is 1.99. The van der Waals surface area contributed by atoms with Crippen molar-refractivity contribution in [2.75, 3.05) is 19.8 Å². The standard InChI is InChI=1S/C15H22O3/c1-2-17-10-5-9-14(16)13-8-3-6-12-7-4-11-18-15(12)13/h3,6,8,14,16H,2,4-5,7,9-11H2,1H3. The Morgan fingerprint density at radius 2 is 2.33 bits per heavy atom. The highest BCUT2D eigenvalue weighted by Crippen LogP contribution is 2.34. The van der Waals surface area contributed by atoms with Crippen LogP contribution in [0.25, 0.3) is 0 Å². The molecule has 2 rings (SSSR count). The van der Waals surface area contributed by atoms with E-state index in [1.165, 1.54) is 5.56 Å². The first-order valence-corrected chi connectivity index (χ1v) is 6.83. The lowest BCUT2D eigenvalue weighted by atomic mass is 9.97. The molecule has 1 aliphatic rings. The van der Waals surface area contributed by atoms with Crippen molar-refractivity contribution in [2.24, 2.45) is 0 Å². The minimum atomic E-state index is -0.446. The maximum absolute atomic E-state index is 10.2. The lowest BCUT2D eigenvalue weighted by Crippen LogP contribution is -2.12. The van der Waals surface area contributed by atoms with Gasteiger partial charge in [-0.25, -0.2) is 0 Å². The molecule has 1 aromatic carbocycles. The predicted octanol–water partition coefficient (Wildman–Crippen LogP) is 2.86. The van der Waals surface area contributed by atoms with Crippen LogP contribution in [-0.4, -0.2) is 24.9 Å². The smallest absolute Gasteiger partial charge is 0.128 e. The van der Waals surface area contributed by atoms with Crippen molar-refractivity contribution < 1.29 is 14.6 Å². The zero-order valence-electron chi connectivity index (χ0n) is 11.0. The van der Waals surface area contributed by atoms with E-state index in [-0.39, 0.29) is 0 Å². The predicted molar refractivity (Wildman–Crippen MR) is 70.9 cm³/mol. The Labute approximate surface area is 109 Å². The first-order valence-electron chi connectivity index (χ1n) is 6.83. The molecule has 0 radical (unpaired) electrons. The van der Waals surface area contributed by atoms with Crippen molar-refractivity contribution in [3.05, 3.63) is 29.3 Å². The third kappa shape index (κ3) is 3.24. The Morgan fingerprint density at radius 1 is 1.44 bits per heavy atom. The molecule has 100 valence electrons. The zero-order valence-corrected chi connectivity index (χ0v) is 11.0. The van der Waals surface area contributed by atoms with Crippen molar-refractivity contribution in [2.45, 2.75) is 38.7 Å². The monoisotopic (exact) mass is 250 g/mol. The molecule has 1 aliphatic heterocycles. The quantitative estimate of drug-likeness (QED) is 0.789. The first-order chi connectivity index (χ1) is 8.83. The summed E-state index contributed by atoms with van der Waals surface area (Å²) in [7, 11) is 0. The fraction of sp³-hybridized carbons (Fsp3) is 0.600. The summed E-state index contributed by atoms with van der Waals surface area (Å²) >= 11 is 0. The molecule has 1 aromatic rings. The topological polar surface area (TPSA) is 38.7 Å². The van der Waals surface area contributed by atoms with Crippen LogP contribution in [0.15, 0.2) is 18.2 Å². The number of para-hydroxylation sites is 1. The first kappa shape index (κ1) is 13.4. The van der Waals surface area contributed by atoms with E-state index >= 15 is 0 Å². The Kier molecular flexibility index (Phi) is 5.02. The normalized spacial score (nSPS) is 15.9. The maximum atomic E-state index is 10.2. The molecule has 1 N–H and O–H groups in total. The highest BCUT2D eigenvalue weighted by Gasteiger charge is 2.18. The molecule has 3 heteroatoms. The fourth-order valence-corrected chi connectivity index (χ4v) is 2.36. The average molecular weight is 250 g/mol. The highest BCUT2D eigenvalue weighted by atomic mass is 16.5. The Bertz CT molecular complexity index is 376. The second kappa shape index (κ2) is 6.76. The molecule has 0 amide bonds. The summed E-state index contributed by atoms with van der Waals surface area (Å²) in [5.74, 6) is 0.910. The largest absolute Gasteiger partial charge is 0.493 e. The lowest BCUT2D eigenvalue weighted by Gasteiger charge is -2.22. The molecule has 0 saturated heterocycles. The van der Waals surface area contributed by atoms with Crippen molar-refractivity contribution >= 4 is 0 Å². The summed E-state index contributed by atoms with van der Waals surface area (Å²) in [5.41, 5.74) is 2.16. The fourth-order valence-electron chi connectivity index (χ4n) is 2.36. The van der Waals surface area contributed by atoms with Gasteiger partial charge < -0.3 is 14.6 Å². The van der Waals surface area contributed by atoms with Crippen molar-refractivity contribution in [3.8, 4) is 5.75 Å². The molecular formula is C15H22O3. The number of ether oxygens (including phenoxy) is 2. The van der Waals surface area contributed by atoms with Gasteiger partial charge in [-0.1, -0.05) is 18.2 Å². The van der Waals surface area contributed by atoms with E-state index in [9.17, 15) is 5.11 Å². The summed E-state index contributed by atoms with van der Waals surface area (Å²) in [6, 6.07) is 6.06. The van der Waals surface area contributed by atoms with Crippen LogP contribution in [0.1, 0.15) is 43.4 Å². The van der Waals surface area contributed by atoms with Crippen LogP contribution < -0.4 is 4.74 Å². The molecular weight excluding hydrogens is 228 g/mol. The van der Waals surface area contributed by atoms with E-state index in [4.69, 9.17) is 9.47 Å². The summed E-state index contributed by atoms with van der Waals surface area (Å²) in [5, 5.41) is 10.2. The molecule has 1 heterocycles. The van der Waals surface area contributed by atoms with Crippen molar-refractivity contribution in [1.82, 2.24) is 0 Å². The highest BCUT2D eigenvalue weighted by molar-refractivity contribution is 5.43. The zero-order chi connectivity index (χ0) is 12.8. The second-order valence-corrected chi connectivity index (χ2v) is 4.64. The summed E-state index contributed by atoms with van der Waals surface area (Å²) < 4.78 is 11.0. The molecule has 1 unspecified atom stereocenters. The van der Waals surface area contributed by atoms with Crippen LogP contribution in [0, 0.1) is 0 Å². The van der Waals surface area contributed by atoms with Gasteiger partial charge in [0.2, 0.25) is 0 Å². The number of hydrogen-bond donors (Lipinski definition) is 1. The number of hydrogen-bond acceptors (Lipinski definition) is 3. The van der Waals surface area contributed by atoms with E-state index in [1.54, 1.807) is 0 Å². The third-order valence-electron chi connectivity index (χ3n) is 3.29. The average Bonchev–Trinajstić information content (AvgIpc) is 2.43. The molecule has 0 fully saturated rings. The summed E-state index contributed by atoms with van der Waals surface area (Å²) in [6.45, 7) is 4.19. The van der Waals surface area contributed by atoms with Crippen LogP contribution in [0.4, 0.5) is 0 Å². The molecule has 0 saturated carbocycles. The van der Waals surface area contributed by atoms with Crippen LogP contribution in [-0.2, 0) is 11.2 Å². The summed E-state index contributed by atoms with van der Waals surface area (Å²) in [6.07, 6.45) is 3.27. The number of aliphatic hydroxyl groups excluding tert-OH is 1. The number of aliphatic hydroxyl groups is 1. The van der Waals surface area contributed by atoms with Gasteiger partial charge in [-0.05, 0) is 38.2 Å². The Hall–Kier alpha value is -1.06. The van der Waals surface area contributed by atoms with Gasteiger partial charge in [0.05, 0.1) is 12.7 Å².